The van der Waals surface area contributed by atoms with Crippen molar-refractivity contribution in [2.24, 2.45) is 0 Å². The van der Waals surface area contributed by atoms with Crippen LogP contribution in [0, 0.1) is 0 Å². The van der Waals surface area contributed by atoms with Crippen LogP contribution in [-0.4, -0.2) is 27.3 Å². The van der Waals surface area contributed by atoms with Gasteiger partial charge in [-0.1, -0.05) is 37.6 Å². The van der Waals surface area contributed by atoms with Crippen LogP contribution in [0.5, 0.6) is 5.75 Å². The van der Waals surface area contributed by atoms with Gasteiger partial charge in [0.25, 0.3) is 5.91 Å². The summed E-state index contributed by atoms with van der Waals surface area (Å²) in [5.41, 5.74) is 2.33. The Morgan fingerprint density at radius 2 is 1.96 bits per heavy atom. The molecule has 0 spiro atoms. The maximum absolute atomic E-state index is 12.5. The van der Waals surface area contributed by atoms with E-state index in [-0.39, 0.29) is 5.91 Å². The van der Waals surface area contributed by atoms with Gasteiger partial charge < -0.3 is 10.1 Å². The van der Waals surface area contributed by atoms with E-state index in [2.05, 4.69) is 22.3 Å². The Morgan fingerprint density at radius 3 is 2.69 bits per heavy atom. The zero-order valence-electron chi connectivity index (χ0n) is 14.8. The SMILES string of the molecule is CCCCOc1ccccc1NC(=O)c1ccc(Cn2cncn2)cc1. The molecule has 1 heterocycles. The lowest BCUT2D eigenvalue weighted by Gasteiger charge is -2.12. The zero-order valence-corrected chi connectivity index (χ0v) is 14.8. The van der Waals surface area contributed by atoms with Gasteiger partial charge in [-0.15, -0.1) is 0 Å². The second-order valence-corrected chi connectivity index (χ2v) is 5.94. The van der Waals surface area contributed by atoms with Crippen LogP contribution < -0.4 is 10.1 Å². The average molecular weight is 350 g/mol. The highest BCUT2D eigenvalue weighted by atomic mass is 16.5. The Kier molecular flexibility index (Phi) is 5.98. The highest BCUT2D eigenvalue weighted by Crippen LogP contribution is 2.24. The molecule has 2 aromatic carbocycles. The smallest absolute Gasteiger partial charge is 0.255 e. The minimum absolute atomic E-state index is 0.163. The lowest BCUT2D eigenvalue weighted by atomic mass is 10.1. The summed E-state index contributed by atoms with van der Waals surface area (Å²) in [5.74, 6) is 0.529. The van der Waals surface area contributed by atoms with Crippen molar-refractivity contribution in [1.29, 1.82) is 0 Å². The number of amides is 1. The van der Waals surface area contributed by atoms with Gasteiger partial charge in [-0.3, -0.25) is 4.79 Å². The van der Waals surface area contributed by atoms with E-state index in [0.29, 0.717) is 30.2 Å². The van der Waals surface area contributed by atoms with Gasteiger partial charge in [0.2, 0.25) is 0 Å². The van der Waals surface area contributed by atoms with Crippen molar-refractivity contribution in [2.75, 3.05) is 11.9 Å². The molecule has 0 fully saturated rings. The largest absolute Gasteiger partial charge is 0.491 e. The predicted molar refractivity (Wildman–Crippen MR) is 100 cm³/mol. The number of para-hydroxylation sites is 2. The molecular formula is C20H22N4O2. The molecule has 3 aromatic rings. The maximum atomic E-state index is 12.5. The first kappa shape index (κ1) is 17.7. The van der Waals surface area contributed by atoms with Crippen molar-refractivity contribution < 1.29 is 9.53 Å². The highest BCUT2D eigenvalue weighted by molar-refractivity contribution is 6.05. The van der Waals surface area contributed by atoms with Gasteiger partial charge >= 0.3 is 0 Å². The zero-order chi connectivity index (χ0) is 18.2. The van der Waals surface area contributed by atoms with Crippen LogP contribution >= 0.6 is 0 Å². The summed E-state index contributed by atoms with van der Waals surface area (Å²) >= 11 is 0. The number of aromatic nitrogens is 3. The van der Waals surface area contributed by atoms with Gasteiger partial charge in [0.15, 0.2) is 0 Å². The molecule has 0 saturated carbocycles. The van der Waals surface area contributed by atoms with E-state index in [1.54, 1.807) is 11.0 Å². The topological polar surface area (TPSA) is 69.0 Å². The van der Waals surface area contributed by atoms with Crippen molar-refractivity contribution in [2.45, 2.75) is 26.3 Å². The Balaban J connectivity index is 1.64. The molecule has 0 radical (unpaired) electrons. The first-order valence-electron chi connectivity index (χ1n) is 8.71. The number of rotatable bonds is 8. The minimum atomic E-state index is -0.163. The first-order chi connectivity index (χ1) is 12.8. The summed E-state index contributed by atoms with van der Waals surface area (Å²) in [6.07, 6.45) is 5.21. The number of anilines is 1. The van der Waals surface area contributed by atoms with Crippen LogP contribution in [0.2, 0.25) is 0 Å². The van der Waals surface area contributed by atoms with Crippen LogP contribution in [0.15, 0.2) is 61.2 Å². The average Bonchev–Trinajstić information content (AvgIpc) is 3.17. The molecule has 134 valence electrons. The number of unbranched alkanes of at least 4 members (excludes halogenated alkanes) is 1. The molecule has 0 aliphatic carbocycles. The molecule has 6 heteroatoms. The fourth-order valence-electron chi connectivity index (χ4n) is 2.48. The minimum Gasteiger partial charge on any atom is -0.491 e. The number of hydrogen-bond donors (Lipinski definition) is 1. The monoisotopic (exact) mass is 350 g/mol. The molecule has 1 aromatic heterocycles. The fourth-order valence-corrected chi connectivity index (χ4v) is 2.48. The summed E-state index contributed by atoms with van der Waals surface area (Å²) in [7, 11) is 0. The normalized spacial score (nSPS) is 10.5. The molecule has 1 N–H and O–H groups in total. The molecule has 0 aliphatic heterocycles. The van der Waals surface area contributed by atoms with Gasteiger partial charge in [-0.05, 0) is 36.2 Å². The van der Waals surface area contributed by atoms with Gasteiger partial charge in [0.1, 0.15) is 18.4 Å². The molecule has 6 nitrogen and oxygen atoms in total. The summed E-state index contributed by atoms with van der Waals surface area (Å²) in [4.78, 5) is 16.5. The van der Waals surface area contributed by atoms with Crippen LogP contribution in [0.4, 0.5) is 5.69 Å². The summed E-state index contributed by atoms with van der Waals surface area (Å²) < 4.78 is 7.50. The van der Waals surface area contributed by atoms with E-state index in [1.165, 1.54) is 6.33 Å². The van der Waals surface area contributed by atoms with E-state index >= 15 is 0 Å². The van der Waals surface area contributed by atoms with E-state index in [0.717, 1.165) is 18.4 Å². The molecule has 0 unspecified atom stereocenters. The summed E-state index contributed by atoms with van der Waals surface area (Å²) in [5, 5.41) is 7.00. The molecule has 26 heavy (non-hydrogen) atoms. The third kappa shape index (κ3) is 4.69. The van der Waals surface area contributed by atoms with E-state index in [9.17, 15) is 4.79 Å². The lowest BCUT2D eigenvalue weighted by Crippen LogP contribution is -2.13. The van der Waals surface area contributed by atoms with Crippen molar-refractivity contribution in [1.82, 2.24) is 14.8 Å². The Morgan fingerprint density at radius 1 is 1.15 bits per heavy atom. The van der Waals surface area contributed by atoms with E-state index < -0.39 is 0 Å². The number of nitrogens with one attached hydrogen (secondary N) is 1. The molecule has 3 rings (SSSR count). The maximum Gasteiger partial charge on any atom is 0.255 e. The molecule has 1 amide bonds. The molecule has 0 saturated heterocycles. The highest BCUT2D eigenvalue weighted by Gasteiger charge is 2.10. The summed E-state index contributed by atoms with van der Waals surface area (Å²) in [6.45, 7) is 3.37. The van der Waals surface area contributed by atoms with Crippen molar-refractivity contribution in [3.63, 3.8) is 0 Å². The van der Waals surface area contributed by atoms with Crippen LogP contribution in [-0.2, 0) is 6.54 Å². The van der Waals surface area contributed by atoms with Crippen molar-refractivity contribution >= 4 is 11.6 Å². The van der Waals surface area contributed by atoms with Crippen LogP contribution in [0.3, 0.4) is 0 Å². The van der Waals surface area contributed by atoms with Gasteiger partial charge in [-0.25, -0.2) is 9.67 Å². The van der Waals surface area contributed by atoms with Crippen molar-refractivity contribution in [3.8, 4) is 5.75 Å². The number of nitrogens with zero attached hydrogens (tertiary/aromatic N) is 3. The van der Waals surface area contributed by atoms with Crippen LogP contribution in [0.1, 0.15) is 35.7 Å². The molecule has 0 bridgehead atoms. The number of carbonyl (C=O) groups excluding carboxylic acids is 1. The molecular weight excluding hydrogens is 328 g/mol. The third-order valence-electron chi connectivity index (χ3n) is 3.92. The van der Waals surface area contributed by atoms with Gasteiger partial charge in [0.05, 0.1) is 18.8 Å². The predicted octanol–water partition coefficient (Wildman–Crippen LogP) is 3.76. The number of hydrogen-bond acceptors (Lipinski definition) is 4. The lowest BCUT2D eigenvalue weighted by molar-refractivity contribution is 0.102. The van der Waals surface area contributed by atoms with Gasteiger partial charge in [-0.2, -0.15) is 5.10 Å². The fraction of sp³-hybridized carbons (Fsp3) is 0.250. The standard InChI is InChI=1S/C20H22N4O2/c1-2-3-12-26-19-7-5-4-6-18(19)23-20(25)17-10-8-16(9-11-17)13-24-15-21-14-22-24/h4-11,14-15H,2-3,12-13H2,1H3,(H,23,25). The number of ether oxygens (including phenoxy) is 1. The number of carbonyl (C=O) groups is 1. The Labute approximate surface area is 152 Å². The molecule has 0 aliphatic rings. The van der Waals surface area contributed by atoms with E-state index in [4.69, 9.17) is 4.74 Å². The first-order valence-corrected chi connectivity index (χ1v) is 8.71. The third-order valence-corrected chi connectivity index (χ3v) is 3.92. The number of benzene rings is 2. The van der Waals surface area contributed by atoms with Crippen LogP contribution in [0.25, 0.3) is 0 Å². The summed E-state index contributed by atoms with van der Waals surface area (Å²) in [6, 6.07) is 14.9. The second kappa shape index (κ2) is 8.80. The Hall–Kier alpha value is -3.15. The van der Waals surface area contributed by atoms with E-state index in [1.807, 2.05) is 48.5 Å². The Bertz CT molecular complexity index is 829. The molecule has 0 atom stereocenters. The quantitative estimate of drug-likeness (QED) is 0.628. The second-order valence-electron chi connectivity index (χ2n) is 5.94. The van der Waals surface area contributed by atoms with Crippen molar-refractivity contribution in [3.05, 3.63) is 72.3 Å². The van der Waals surface area contributed by atoms with Gasteiger partial charge in [0, 0.05) is 5.56 Å².